The van der Waals surface area contributed by atoms with E-state index in [2.05, 4.69) is 5.32 Å². The number of halogens is 2. The molecule has 0 radical (unpaired) electrons. The molecule has 0 atom stereocenters. The molecule has 6 heteroatoms. The van der Waals surface area contributed by atoms with Gasteiger partial charge in [-0.2, -0.15) is 0 Å². The predicted molar refractivity (Wildman–Crippen MR) is 103 cm³/mol. The molecule has 0 aliphatic heterocycles. The van der Waals surface area contributed by atoms with Crippen molar-refractivity contribution in [1.29, 1.82) is 0 Å². The van der Waals surface area contributed by atoms with E-state index in [-0.39, 0.29) is 5.82 Å². The Hall–Kier alpha value is -2.50. The van der Waals surface area contributed by atoms with Crippen LogP contribution in [0, 0.1) is 5.82 Å². The summed E-state index contributed by atoms with van der Waals surface area (Å²) in [4.78, 5) is 0. The standard InChI is InChI=1S/C21H21ClFNO3/c1-2-25-20-10-16(12-24-13-18-4-3-9-26-18)19(22)11-21(20)27-14-15-5-7-17(23)8-6-15/h3-11,24H,2,12-14H2,1H3. The first-order valence-electron chi connectivity index (χ1n) is 8.71. The van der Waals surface area contributed by atoms with Crippen molar-refractivity contribution in [3.05, 3.63) is 82.5 Å². The highest BCUT2D eigenvalue weighted by atomic mass is 35.5. The number of ether oxygens (including phenoxy) is 2. The fourth-order valence-corrected chi connectivity index (χ4v) is 2.79. The van der Waals surface area contributed by atoms with Gasteiger partial charge in [0.1, 0.15) is 18.2 Å². The topological polar surface area (TPSA) is 43.6 Å². The van der Waals surface area contributed by atoms with Crippen LogP contribution < -0.4 is 14.8 Å². The second kappa shape index (κ2) is 9.44. The minimum atomic E-state index is -0.275. The summed E-state index contributed by atoms with van der Waals surface area (Å²) in [5.74, 6) is 1.76. The fraction of sp³-hybridized carbons (Fsp3) is 0.238. The van der Waals surface area contributed by atoms with E-state index < -0.39 is 0 Å². The van der Waals surface area contributed by atoms with Gasteiger partial charge in [0.25, 0.3) is 0 Å². The predicted octanol–water partition coefficient (Wildman–Crippen LogP) is 5.34. The van der Waals surface area contributed by atoms with Gasteiger partial charge in [-0.15, -0.1) is 0 Å². The second-order valence-corrected chi connectivity index (χ2v) is 6.33. The van der Waals surface area contributed by atoms with Gasteiger partial charge < -0.3 is 19.2 Å². The van der Waals surface area contributed by atoms with Crippen molar-refractivity contribution in [3.8, 4) is 11.5 Å². The van der Waals surface area contributed by atoms with Gasteiger partial charge >= 0.3 is 0 Å². The maximum Gasteiger partial charge on any atom is 0.163 e. The van der Waals surface area contributed by atoms with Crippen molar-refractivity contribution in [3.63, 3.8) is 0 Å². The molecule has 0 unspecified atom stereocenters. The van der Waals surface area contributed by atoms with E-state index in [9.17, 15) is 4.39 Å². The van der Waals surface area contributed by atoms with E-state index in [0.29, 0.717) is 42.8 Å². The number of rotatable bonds is 9. The first-order valence-corrected chi connectivity index (χ1v) is 9.09. The van der Waals surface area contributed by atoms with Gasteiger partial charge in [0.2, 0.25) is 0 Å². The molecule has 0 fully saturated rings. The molecule has 27 heavy (non-hydrogen) atoms. The van der Waals surface area contributed by atoms with E-state index in [0.717, 1.165) is 16.9 Å². The van der Waals surface area contributed by atoms with Crippen LogP contribution in [0.15, 0.2) is 59.2 Å². The van der Waals surface area contributed by atoms with E-state index in [4.69, 9.17) is 25.5 Å². The quantitative estimate of drug-likeness (QED) is 0.536. The van der Waals surface area contributed by atoms with Crippen molar-refractivity contribution in [2.45, 2.75) is 26.6 Å². The summed E-state index contributed by atoms with van der Waals surface area (Å²) >= 11 is 6.42. The highest BCUT2D eigenvalue weighted by molar-refractivity contribution is 6.31. The lowest BCUT2D eigenvalue weighted by atomic mass is 10.2. The molecule has 0 saturated carbocycles. The highest BCUT2D eigenvalue weighted by Gasteiger charge is 2.12. The van der Waals surface area contributed by atoms with Crippen LogP contribution >= 0.6 is 11.6 Å². The van der Waals surface area contributed by atoms with Crippen LogP contribution in [0.4, 0.5) is 4.39 Å². The van der Waals surface area contributed by atoms with E-state index in [1.54, 1.807) is 24.5 Å². The number of hydrogen-bond acceptors (Lipinski definition) is 4. The molecule has 0 aliphatic rings. The summed E-state index contributed by atoms with van der Waals surface area (Å²) in [6, 6.07) is 13.6. The first kappa shape index (κ1) is 19.3. The molecule has 1 aromatic heterocycles. The van der Waals surface area contributed by atoms with Crippen LogP contribution in [-0.2, 0) is 19.7 Å². The fourth-order valence-electron chi connectivity index (χ4n) is 2.57. The number of benzene rings is 2. The molecular formula is C21H21ClFNO3. The lowest BCUT2D eigenvalue weighted by Gasteiger charge is -2.15. The van der Waals surface area contributed by atoms with Crippen LogP contribution in [0.2, 0.25) is 5.02 Å². The lowest BCUT2D eigenvalue weighted by molar-refractivity contribution is 0.269. The molecule has 4 nitrogen and oxygen atoms in total. The van der Waals surface area contributed by atoms with E-state index in [1.165, 1.54) is 12.1 Å². The lowest BCUT2D eigenvalue weighted by Crippen LogP contribution is -2.13. The van der Waals surface area contributed by atoms with Crippen molar-refractivity contribution < 1.29 is 18.3 Å². The summed E-state index contributed by atoms with van der Waals surface area (Å²) < 4.78 is 29.9. The molecule has 142 valence electrons. The van der Waals surface area contributed by atoms with Crippen LogP contribution in [0.1, 0.15) is 23.8 Å². The Kier molecular flexibility index (Phi) is 6.74. The van der Waals surface area contributed by atoms with Crippen LogP contribution in [0.3, 0.4) is 0 Å². The Morgan fingerprint density at radius 2 is 1.81 bits per heavy atom. The Balaban J connectivity index is 1.67. The average molecular weight is 390 g/mol. The second-order valence-electron chi connectivity index (χ2n) is 5.92. The zero-order valence-electron chi connectivity index (χ0n) is 15.0. The molecule has 3 rings (SSSR count). The van der Waals surface area contributed by atoms with Gasteiger partial charge in [0.15, 0.2) is 11.5 Å². The van der Waals surface area contributed by atoms with Crippen molar-refractivity contribution >= 4 is 11.6 Å². The minimum Gasteiger partial charge on any atom is -0.490 e. The van der Waals surface area contributed by atoms with E-state index >= 15 is 0 Å². The molecule has 2 aromatic carbocycles. The molecule has 0 saturated heterocycles. The molecule has 0 bridgehead atoms. The third-order valence-corrected chi connectivity index (χ3v) is 4.27. The van der Waals surface area contributed by atoms with Crippen LogP contribution in [-0.4, -0.2) is 6.61 Å². The molecule has 1 N–H and O–H groups in total. The summed E-state index contributed by atoms with van der Waals surface area (Å²) in [5, 5.41) is 3.87. The maximum absolute atomic E-state index is 13.0. The first-order chi connectivity index (χ1) is 13.2. The molecule has 0 amide bonds. The number of nitrogens with one attached hydrogen (secondary N) is 1. The molecule has 3 aromatic rings. The zero-order valence-corrected chi connectivity index (χ0v) is 15.8. The van der Waals surface area contributed by atoms with Gasteiger partial charge in [-0.05, 0) is 48.4 Å². The normalized spacial score (nSPS) is 10.8. The van der Waals surface area contributed by atoms with Crippen LogP contribution in [0.25, 0.3) is 0 Å². The summed E-state index contributed by atoms with van der Waals surface area (Å²) in [6.07, 6.45) is 1.64. The number of hydrogen-bond donors (Lipinski definition) is 1. The molecule has 1 heterocycles. The largest absolute Gasteiger partial charge is 0.490 e. The average Bonchev–Trinajstić information content (AvgIpc) is 3.18. The molecular weight excluding hydrogens is 369 g/mol. The third-order valence-electron chi connectivity index (χ3n) is 3.91. The van der Waals surface area contributed by atoms with Crippen LogP contribution in [0.5, 0.6) is 11.5 Å². The van der Waals surface area contributed by atoms with Gasteiger partial charge in [-0.1, -0.05) is 23.7 Å². The maximum atomic E-state index is 13.0. The number of furan rings is 1. The van der Waals surface area contributed by atoms with Gasteiger partial charge in [0, 0.05) is 17.6 Å². The van der Waals surface area contributed by atoms with Gasteiger partial charge in [-0.25, -0.2) is 4.39 Å². The summed E-state index contributed by atoms with van der Waals surface area (Å²) in [5.41, 5.74) is 1.76. The Bertz CT molecular complexity index is 851. The summed E-state index contributed by atoms with van der Waals surface area (Å²) in [6.45, 7) is 3.89. The zero-order chi connectivity index (χ0) is 19.1. The summed E-state index contributed by atoms with van der Waals surface area (Å²) in [7, 11) is 0. The highest BCUT2D eigenvalue weighted by Crippen LogP contribution is 2.34. The molecule has 0 aliphatic carbocycles. The van der Waals surface area contributed by atoms with E-state index in [1.807, 2.05) is 25.1 Å². The van der Waals surface area contributed by atoms with Gasteiger partial charge in [-0.3, -0.25) is 0 Å². The van der Waals surface area contributed by atoms with Gasteiger partial charge in [0.05, 0.1) is 19.4 Å². The monoisotopic (exact) mass is 389 g/mol. The molecule has 0 spiro atoms. The minimum absolute atomic E-state index is 0.275. The SMILES string of the molecule is CCOc1cc(CNCc2ccco2)c(Cl)cc1OCc1ccc(F)cc1. The Labute approximate surface area is 162 Å². The smallest absolute Gasteiger partial charge is 0.163 e. The Morgan fingerprint density at radius 1 is 1.04 bits per heavy atom. The van der Waals surface area contributed by atoms with Crippen molar-refractivity contribution in [2.75, 3.05) is 6.61 Å². The Morgan fingerprint density at radius 3 is 2.52 bits per heavy atom. The van der Waals surface area contributed by atoms with Crippen molar-refractivity contribution in [2.24, 2.45) is 0 Å². The van der Waals surface area contributed by atoms with Crippen molar-refractivity contribution in [1.82, 2.24) is 5.32 Å². The third kappa shape index (κ3) is 5.49.